The van der Waals surface area contributed by atoms with Crippen molar-refractivity contribution in [2.75, 3.05) is 0 Å². The summed E-state index contributed by atoms with van der Waals surface area (Å²) in [5.74, 6) is -0.945. The van der Waals surface area contributed by atoms with Crippen LogP contribution in [0.5, 0.6) is 0 Å². The minimum absolute atomic E-state index is 0.248. The van der Waals surface area contributed by atoms with Crippen molar-refractivity contribution >= 4 is 17.5 Å². The van der Waals surface area contributed by atoms with Crippen LogP contribution in [0.2, 0.25) is 5.02 Å². The Morgan fingerprint density at radius 2 is 1.84 bits per heavy atom. The molecule has 0 bridgehead atoms. The van der Waals surface area contributed by atoms with E-state index in [0.717, 1.165) is 11.1 Å². The minimum Gasteiger partial charge on any atom is -0.365 e. The average Bonchev–Trinajstić information content (AvgIpc) is 2.92. The first-order valence-corrected chi connectivity index (χ1v) is 7.78. The summed E-state index contributed by atoms with van der Waals surface area (Å²) in [7, 11) is 1.50. The summed E-state index contributed by atoms with van der Waals surface area (Å²) < 4.78 is 27.8. The van der Waals surface area contributed by atoms with Crippen LogP contribution in [0.3, 0.4) is 0 Å². The Kier molecular flexibility index (Phi) is 4.55. The molecular weight excluding hydrogens is 348 g/mol. The fraction of sp³-hybridized carbons (Fsp3) is 0.111. The van der Waals surface area contributed by atoms with E-state index in [1.54, 1.807) is 30.3 Å². The fourth-order valence-electron chi connectivity index (χ4n) is 2.85. The van der Waals surface area contributed by atoms with Crippen LogP contribution in [0, 0.1) is 0 Å². The third-order valence-corrected chi connectivity index (χ3v) is 4.08. The molecule has 1 aromatic heterocycles. The molecule has 0 aliphatic carbocycles. The summed E-state index contributed by atoms with van der Waals surface area (Å²) in [6.45, 7) is 0. The fourth-order valence-corrected chi connectivity index (χ4v) is 3.04. The number of carbonyl (C=O) groups is 1. The Bertz CT molecular complexity index is 953. The summed E-state index contributed by atoms with van der Waals surface area (Å²) in [5.41, 5.74) is 6.82. The molecule has 25 heavy (non-hydrogen) atoms. The number of amides is 1. The molecule has 2 aromatic carbocycles. The highest BCUT2D eigenvalue weighted by Crippen LogP contribution is 2.37. The lowest BCUT2D eigenvalue weighted by Crippen LogP contribution is -2.14. The highest BCUT2D eigenvalue weighted by atomic mass is 35.5. The molecule has 0 aliphatic rings. The van der Waals surface area contributed by atoms with Crippen LogP contribution >= 0.6 is 11.6 Å². The normalized spacial score (nSPS) is 11.1. The number of alkyl halides is 2. The van der Waals surface area contributed by atoms with Gasteiger partial charge in [0.1, 0.15) is 5.69 Å². The van der Waals surface area contributed by atoms with E-state index in [4.69, 9.17) is 17.3 Å². The molecule has 0 radical (unpaired) electrons. The molecule has 0 saturated carbocycles. The zero-order chi connectivity index (χ0) is 18.1. The zero-order valence-corrected chi connectivity index (χ0v) is 14.0. The van der Waals surface area contributed by atoms with E-state index in [1.807, 2.05) is 18.2 Å². The lowest BCUT2D eigenvalue weighted by molar-refractivity contribution is 0.0985. The van der Waals surface area contributed by atoms with E-state index in [-0.39, 0.29) is 11.3 Å². The quantitative estimate of drug-likeness (QED) is 0.746. The van der Waals surface area contributed by atoms with Gasteiger partial charge in [-0.05, 0) is 23.3 Å². The molecule has 0 aliphatic heterocycles. The van der Waals surface area contributed by atoms with Gasteiger partial charge >= 0.3 is 0 Å². The number of halogens is 3. The van der Waals surface area contributed by atoms with Crippen molar-refractivity contribution in [1.82, 2.24) is 9.78 Å². The predicted molar refractivity (Wildman–Crippen MR) is 92.6 cm³/mol. The van der Waals surface area contributed by atoms with Gasteiger partial charge in [0, 0.05) is 17.6 Å². The standard InChI is InChI=1S/C18H14ClF2N3O/c1-24-16(14(18(22)25)15(23-24)17(20)21)13-8-3-2-7-12(13)10-5-4-6-11(19)9-10/h2-9,17H,1H3,(H2,22,25). The second-order valence-electron chi connectivity index (χ2n) is 5.45. The maximum Gasteiger partial charge on any atom is 0.282 e. The molecule has 3 aromatic rings. The van der Waals surface area contributed by atoms with Crippen molar-refractivity contribution in [2.45, 2.75) is 6.43 Å². The number of benzene rings is 2. The minimum atomic E-state index is -2.90. The molecule has 7 heteroatoms. The molecule has 0 saturated heterocycles. The van der Waals surface area contributed by atoms with Gasteiger partial charge in [-0.2, -0.15) is 5.10 Å². The molecule has 0 spiro atoms. The average molecular weight is 362 g/mol. The van der Waals surface area contributed by atoms with Crippen LogP contribution in [0.25, 0.3) is 22.4 Å². The van der Waals surface area contributed by atoms with Crippen LogP contribution in [0.4, 0.5) is 8.78 Å². The lowest BCUT2D eigenvalue weighted by atomic mass is 9.95. The number of nitrogens with zero attached hydrogens (tertiary/aromatic N) is 2. The van der Waals surface area contributed by atoms with Gasteiger partial charge in [-0.1, -0.05) is 48.0 Å². The molecule has 4 nitrogen and oxygen atoms in total. The van der Waals surface area contributed by atoms with Gasteiger partial charge in [-0.25, -0.2) is 8.78 Å². The Balaban J connectivity index is 2.31. The third-order valence-electron chi connectivity index (χ3n) is 3.85. The van der Waals surface area contributed by atoms with E-state index in [9.17, 15) is 13.6 Å². The van der Waals surface area contributed by atoms with Gasteiger partial charge in [0.15, 0.2) is 0 Å². The first-order chi connectivity index (χ1) is 11.9. The van der Waals surface area contributed by atoms with Crippen molar-refractivity contribution < 1.29 is 13.6 Å². The van der Waals surface area contributed by atoms with E-state index in [0.29, 0.717) is 10.6 Å². The summed E-state index contributed by atoms with van der Waals surface area (Å²) in [6, 6.07) is 14.2. The maximum absolute atomic E-state index is 13.3. The van der Waals surface area contributed by atoms with E-state index in [1.165, 1.54) is 11.7 Å². The third kappa shape index (κ3) is 3.13. The Morgan fingerprint density at radius 1 is 1.16 bits per heavy atom. The van der Waals surface area contributed by atoms with Crippen LogP contribution < -0.4 is 5.73 Å². The zero-order valence-electron chi connectivity index (χ0n) is 13.2. The molecule has 0 fully saturated rings. The van der Waals surface area contributed by atoms with Crippen molar-refractivity contribution in [2.24, 2.45) is 12.8 Å². The molecule has 3 rings (SSSR count). The predicted octanol–water partition coefficient (Wildman–Crippen LogP) is 4.44. The van der Waals surface area contributed by atoms with Gasteiger partial charge in [0.05, 0.1) is 11.3 Å². The molecule has 0 atom stereocenters. The van der Waals surface area contributed by atoms with E-state index < -0.39 is 18.0 Å². The first-order valence-electron chi connectivity index (χ1n) is 7.40. The highest BCUT2D eigenvalue weighted by Gasteiger charge is 2.28. The number of carbonyl (C=O) groups excluding carboxylic acids is 1. The molecular formula is C18H14ClF2N3O. The van der Waals surface area contributed by atoms with Crippen LogP contribution in [0.1, 0.15) is 22.5 Å². The molecule has 1 amide bonds. The largest absolute Gasteiger partial charge is 0.365 e. The monoisotopic (exact) mass is 361 g/mol. The number of aryl methyl sites for hydroxylation is 1. The Morgan fingerprint density at radius 3 is 2.44 bits per heavy atom. The molecule has 128 valence electrons. The lowest BCUT2D eigenvalue weighted by Gasteiger charge is -2.12. The number of nitrogens with two attached hydrogens (primary N) is 1. The van der Waals surface area contributed by atoms with Gasteiger partial charge in [0.2, 0.25) is 0 Å². The van der Waals surface area contributed by atoms with Gasteiger partial charge in [-0.3, -0.25) is 9.48 Å². The van der Waals surface area contributed by atoms with Gasteiger partial charge in [-0.15, -0.1) is 0 Å². The number of aromatic nitrogens is 2. The summed E-state index contributed by atoms with van der Waals surface area (Å²) in [4.78, 5) is 11.9. The van der Waals surface area contributed by atoms with Crippen LogP contribution in [-0.4, -0.2) is 15.7 Å². The van der Waals surface area contributed by atoms with Crippen molar-refractivity contribution in [3.63, 3.8) is 0 Å². The number of hydrogen-bond donors (Lipinski definition) is 1. The summed E-state index contributed by atoms with van der Waals surface area (Å²) >= 11 is 6.06. The number of hydrogen-bond acceptors (Lipinski definition) is 2. The van der Waals surface area contributed by atoms with E-state index >= 15 is 0 Å². The Labute approximate surface area is 147 Å². The number of rotatable bonds is 4. The summed E-state index contributed by atoms with van der Waals surface area (Å²) in [6.07, 6.45) is -2.90. The first kappa shape index (κ1) is 17.1. The van der Waals surface area contributed by atoms with E-state index in [2.05, 4.69) is 5.10 Å². The van der Waals surface area contributed by atoms with Crippen LogP contribution in [-0.2, 0) is 7.05 Å². The van der Waals surface area contributed by atoms with Crippen molar-refractivity contribution in [3.05, 3.63) is 64.8 Å². The number of primary amides is 1. The second kappa shape index (κ2) is 6.64. The molecule has 0 unspecified atom stereocenters. The molecule has 1 heterocycles. The SMILES string of the molecule is Cn1nc(C(F)F)c(C(N)=O)c1-c1ccccc1-c1cccc(Cl)c1. The smallest absolute Gasteiger partial charge is 0.282 e. The van der Waals surface area contributed by atoms with Gasteiger partial charge < -0.3 is 5.73 Å². The second-order valence-corrected chi connectivity index (χ2v) is 5.89. The van der Waals surface area contributed by atoms with Crippen LogP contribution in [0.15, 0.2) is 48.5 Å². The maximum atomic E-state index is 13.3. The van der Waals surface area contributed by atoms with Gasteiger partial charge in [0.25, 0.3) is 12.3 Å². The molecule has 2 N–H and O–H groups in total. The highest BCUT2D eigenvalue weighted by molar-refractivity contribution is 6.30. The van der Waals surface area contributed by atoms with Crippen molar-refractivity contribution in [1.29, 1.82) is 0 Å². The Hall–Kier alpha value is -2.73. The summed E-state index contributed by atoms with van der Waals surface area (Å²) in [5, 5.41) is 4.34. The van der Waals surface area contributed by atoms with Crippen molar-refractivity contribution in [3.8, 4) is 22.4 Å². The topological polar surface area (TPSA) is 60.9 Å².